The molecule has 1 fully saturated rings. The number of hydrogen-bond donors (Lipinski definition) is 3. The van der Waals surface area contributed by atoms with Crippen LogP contribution in [-0.4, -0.2) is 30.6 Å². The SMILES string of the molecule is NC[C@H]1CC[C@@H](C(=O)Nc2ccc(F)c(NC(=O)Cc3ccccc3)c2)O1. The number of halogens is 1. The highest BCUT2D eigenvalue weighted by Gasteiger charge is 2.29. The lowest BCUT2D eigenvalue weighted by atomic mass is 10.1. The Hall–Kier alpha value is -2.77. The second kappa shape index (κ2) is 8.75. The Bertz CT molecular complexity index is 813. The quantitative estimate of drug-likeness (QED) is 0.727. The molecule has 6 nitrogen and oxygen atoms in total. The minimum atomic E-state index is -0.574. The maximum atomic E-state index is 14.0. The van der Waals surface area contributed by atoms with Crippen molar-refractivity contribution < 1.29 is 18.7 Å². The zero-order valence-electron chi connectivity index (χ0n) is 14.8. The molecular formula is C20H22FN3O3. The van der Waals surface area contributed by atoms with Gasteiger partial charge >= 0.3 is 0 Å². The number of amides is 2. The van der Waals surface area contributed by atoms with Crippen molar-refractivity contribution >= 4 is 23.2 Å². The third-order valence-corrected chi connectivity index (χ3v) is 4.38. The first-order valence-corrected chi connectivity index (χ1v) is 8.85. The first kappa shape index (κ1) is 19.0. The van der Waals surface area contributed by atoms with E-state index in [4.69, 9.17) is 10.5 Å². The second-order valence-corrected chi connectivity index (χ2v) is 6.45. The number of hydrogen-bond acceptors (Lipinski definition) is 4. The number of anilines is 2. The highest BCUT2D eigenvalue weighted by molar-refractivity contribution is 5.96. The van der Waals surface area contributed by atoms with E-state index in [1.165, 1.54) is 18.2 Å². The molecule has 0 saturated carbocycles. The lowest BCUT2D eigenvalue weighted by Gasteiger charge is -2.14. The van der Waals surface area contributed by atoms with Gasteiger partial charge in [-0.25, -0.2) is 4.39 Å². The van der Waals surface area contributed by atoms with Crippen LogP contribution in [0, 0.1) is 5.82 Å². The van der Waals surface area contributed by atoms with Crippen LogP contribution in [0.4, 0.5) is 15.8 Å². The van der Waals surface area contributed by atoms with Crippen LogP contribution in [-0.2, 0) is 20.7 Å². The second-order valence-electron chi connectivity index (χ2n) is 6.45. The molecule has 3 rings (SSSR count). The molecule has 0 aromatic heterocycles. The molecular weight excluding hydrogens is 349 g/mol. The Balaban J connectivity index is 1.62. The van der Waals surface area contributed by atoms with Gasteiger partial charge in [-0.15, -0.1) is 0 Å². The summed E-state index contributed by atoms with van der Waals surface area (Å²) in [6.45, 7) is 0.373. The Labute approximate surface area is 156 Å². The number of ether oxygens (including phenoxy) is 1. The summed E-state index contributed by atoms with van der Waals surface area (Å²) in [6.07, 6.45) is 0.781. The van der Waals surface area contributed by atoms with E-state index in [2.05, 4.69) is 10.6 Å². The van der Waals surface area contributed by atoms with Gasteiger partial charge in [-0.2, -0.15) is 0 Å². The molecule has 1 aliphatic rings. The summed E-state index contributed by atoms with van der Waals surface area (Å²) in [7, 11) is 0. The summed E-state index contributed by atoms with van der Waals surface area (Å²) in [5.74, 6) is -1.22. The van der Waals surface area contributed by atoms with E-state index in [1.807, 2.05) is 30.3 Å². The number of carbonyl (C=O) groups is 2. The van der Waals surface area contributed by atoms with E-state index in [-0.39, 0.29) is 30.0 Å². The molecule has 27 heavy (non-hydrogen) atoms. The molecule has 2 amide bonds. The van der Waals surface area contributed by atoms with Crippen LogP contribution in [0.15, 0.2) is 48.5 Å². The fourth-order valence-corrected chi connectivity index (χ4v) is 2.97. The average Bonchev–Trinajstić information content (AvgIpc) is 3.14. The zero-order chi connectivity index (χ0) is 19.2. The zero-order valence-corrected chi connectivity index (χ0v) is 14.8. The Morgan fingerprint density at radius 3 is 2.59 bits per heavy atom. The fraction of sp³-hybridized carbons (Fsp3) is 0.300. The van der Waals surface area contributed by atoms with E-state index in [1.54, 1.807) is 0 Å². The average molecular weight is 371 g/mol. The molecule has 0 spiro atoms. The Morgan fingerprint density at radius 1 is 1.11 bits per heavy atom. The predicted octanol–water partition coefficient (Wildman–Crippen LogP) is 2.45. The first-order valence-electron chi connectivity index (χ1n) is 8.85. The molecule has 1 aliphatic heterocycles. The predicted molar refractivity (Wildman–Crippen MR) is 101 cm³/mol. The number of rotatable bonds is 6. The molecule has 142 valence electrons. The Morgan fingerprint density at radius 2 is 1.89 bits per heavy atom. The number of nitrogens with one attached hydrogen (secondary N) is 2. The van der Waals surface area contributed by atoms with Crippen LogP contribution in [0.1, 0.15) is 18.4 Å². The molecule has 4 N–H and O–H groups in total. The molecule has 0 bridgehead atoms. The summed E-state index contributed by atoms with van der Waals surface area (Å²) in [6, 6.07) is 13.2. The van der Waals surface area contributed by atoms with E-state index >= 15 is 0 Å². The molecule has 2 atom stereocenters. The topological polar surface area (TPSA) is 93.5 Å². The van der Waals surface area contributed by atoms with Gasteiger partial charge in [0.1, 0.15) is 11.9 Å². The fourth-order valence-electron chi connectivity index (χ4n) is 2.97. The lowest BCUT2D eigenvalue weighted by molar-refractivity contribution is -0.126. The van der Waals surface area contributed by atoms with Crippen LogP contribution in [0.25, 0.3) is 0 Å². The minimum Gasteiger partial charge on any atom is -0.364 e. The van der Waals surface area contributed by atoms with Crippen molar-refractivity contribution in [1.29, 1.82) is 0 Å². The molecule has 2 aromatic rings. The third-order valence-electron chi connectivity index (χ3n) is 4.38. The highest BCUT2D eigenvalue weighted by atomic mass is 19.1. The van der Waals surface area contributed by atoms with E-state index in [0.717, 1.165) is 12.0 Å². The van der Waals surface area contributed by atoms with Crippen molar-refractivity contribution in [2.75, 3.05) is 17.2 Å². The smallest absolute Gasteiger partial charge is 0.253 e. The summed E-state index contributed by atoms with van der Waals surface area (Å²) >= 11 is 0. The van der Waals surface area contributed by atoms with Gasteiger partial charge in [0.05, 0.1) is 18.2 Å². The van der Waals surface area contributed by atoms with Crippen LogP contribution in [0.3, 0.4) is 0 Å². The largest absolute Gasteiger partial charge is 0.364 e. The number of benzene rings is 2. The summed E-state index contributed by atoms with van der Waals surface area (Å²) in [4.78, 5) is 24.4. The molecule has 1 heterocycles. The van der Waals surface area contributed by atoms with Crippen LogP contribution in [0.5, 0.6) is 0 Å². The molecule has 0 radical (unpaired) electrons. The molecule has 7 heteroatoms. The maximum absolute atomic E-state index is 14.0. The highest BCUT2D eigenvalue weighted by Crippen LogP contribution is 2.23. The normalized spacial score (nSPS) is 18.9. The lowest BCUT2D eigenvalue weighted by Crippen LogP contribution is -2.29. The van der Waals surface area contributed by atoms with Gasteiger partial charge in [-0.3, -0.25) is 9.59 Å². The molecule has 0 aliphatic carbocycles. The van der Waals surface area contributed by atoms with E-state index in [9.17, 15) is 14.0 Å². The van der Waals surface area contributed by atoms with Crippen molar-refractivity contribution in [2.24, 2.45) is 5.73 Å². The van der Waals surface area contributed by atoms with Gasteiger partial charge in [-0.05, 0) is 36.6 Å². The summed E-state index contributed by atoms with van der Waals surface area (Å²) in [5, 5.41) is 5.24. The van der Waals surface area contributed by atoms with Crippen LogP contribution < -0.4 is 16.4 Å². The van der Waals surface area contributed by atoms with Crippen molar-refractivity contribution in [3.63, 3.8) is 0 Å². The maximum Gasteiger partial charge on any atom is 0.253 e. The summed E-state index contributed by atoms with van der Waals surface area (Å²) < 4.78 is 19.6. The van der Waals surface area contributed by atoms with Gasteiger partial charge in [0, 0.05) is 12.2 Å². The van der Waals surface area contributed by atoms with Gasteiger partial charge in [0.25, 0.3) is 5.91 Å². The van der Waals surface area contributed by atoms with Crippen molar-refractivity contribution in [3.05, 3.63) is 59.9 Å². The van der Waals surface area contributed by atoms with Gasteiger partial charge < -0.3 is 21.1 Å². The monoisotopic (exact) mass is 371 g/mol. The Kier molecular flexibility index (Phi) is 6.16. The number of carbonyl (C=O) groups excluding carboxylic acids is 2. The molecule has 0 unspecified atom stereocenters. The summed E-state index contributed by atoms with van der Waals surface area (Å²) in [5.41, 5.74) is 6.77. The van der Waals surface area contributed by atoms with Crippen LogP contribution in [0.2, 0.25) is 0 Å². The van der Waals surface area contributed by atoms with E-state index in [0.29, 0.717) is 18.7 Å². The third kappa shape index (κ3) is 5.12. The van der Waals surface area contributed by atoms with Crippen molar-refractivity contribution in [3.8, 4) is 0 Å². The standard InChI is InChI=1S/C20H22FN3O3/c21-16-8-6-14(23-20(26)18-9-7-15(12-22)27-18)11-17(16)24-19(25)10-13-4-2-1-3-5-13/h1-6,8,11,15,18H,7,9-10,12,22H2,(H,23,26)(H,24,25)/t15-,18+/m1/s1. The van der Waals surface area contributed by atoms with Gasteiger partial charge in [-0.1, -0.05) is 30.3 Å². The number of nitrogens with two attached hydrogens (primary N) is 1. The van der Waals surface area contributed by atoms with Crippen molar-refractivity contribution in [1.82, 2.24) is 0 Å². The van der Waals surface area contributed by atoms with Crippen molar-refractivity contribution in [2.45, 2.75) is 31.5 Å². The first-order chi connectivity index (χ1) is 13.0. The van der Waals surface area contributed by atoms with Gasteiger partial charge in [0.2, 0.25) is 5.91 Å². The molecule has 1 saturated heterocycles. The van der Waals surface area contributed by atoms with Crippen LogP contribution >= 0.6 is 0 Å². The van der Waals surface area contributed by atoms with Gasteiger partial charge in [0.15, 0.2) is 0 Å². The minimum absolute atomic E-state index is 0.0147. The van der Waals surface area contributed by atoms with E-state index < -0.39 is 11.9 Å². The molecule has 2 aromatic carbocycles.